The first-order valence-corrected chi connectivity index (χ1v) is 8.74. The summed E-state index contributed by atoms with van der Waals surface area (Å²) in [5.74, 6) is 0.170. The van der Waals surface area contributed by atoms with Crippen LogP contribution in [0.15, 0.2) is 60.8 Å². The third-order valence-corrected chi connectivity index (χ3v) is 3.70. The molecule has 0 spiro atoms. The van der Waals surface area contributed by atoms with Gasteiger partial charge >= 0.3 is 0 Å². The van der Waals surface area contributed by atoms with Gasteiger partial charge in [-0.3, -0.25) is 4.79 Å². The molecule has 0 atom stereocenters. The molecule has 0 aliphatic carbocycles. The lowest BCUT2D eigenvalue weighted by Gasteiger charge is -2.29. The molecule has 0 fully saturated rings. The van der Waals surface area contributed by atoms with Gasteiger partial charge < -0.3 is 9.80 Å². The molecule has 24 heavy (non-hydrogen) atoms. The maximum absolute atomic E-state index is 12.5. The molecule has 0 saturated carbocycles. The number of hydrogen-bond acceptors (Lipinski definition) is 2. The van der Waals surface area contributed by atoms with Crippen LogP contribution in [0.3, 0.4) is 0 Å². The Kier molecular flexibility index (Phi) is 8.03. The highest BCUT2D eigenvalue weighted by Gasteiger charge is 2.28. The summed E-state index contributed by atoms with van der Waals surface area (Å²) >= 11 is 0. The second kappa shape index (κ2) is 9.76. The molecule has 1 aliphatic heterocycles. The van der Waals surface area contributed by atoms with Crippen LogP contribution in [0.1, 0.15) is 41.0 Å². The molecule has 3 nitrogen and oxygen atoms in total. The summed E-state index contributed by atoms with van der Waals surface area (Å²) in [4.78, 5) is 16.6. The standard InChI is InChI=1S/C19H24N2O.C2H6/c1-5-9-16(10-6-2)20-14-13-19(22)21(15(3)4)18-12-8-7-11-17(18)20;1-2/h5-12,15H,1,13-14H2,2-4H3;1-2H3/b10-6-,16-9+;. The van der Waals surface area contributed by atoms with Gasteiger partial charge in [-0.25, -0.2) is 0 Å². The molecule has 0 N–H and O–H groups in total. The number of carbonyl (C=O) groups excluding carboxylic acids is 1. The van der Waals surface area contributed by atoms with Gasteiger partial charge in [-0.1, -0.05) is 44.7 Å². The molecule has 1 aromatic carbocycles. The van der Waals surface area contributed by atoms with Crippen LogP contribution < -0.4 is 9.80 Å². The van der Waals surface area contributed by atoms with E-state index in [1.165, 1.54) is 0 Å². The van der Waals surface area contributed by atoms with Crippen molar-refractivity contribution >= 4 is 17.3 Å². The number of fused-ring (bicyclic) bond motifs is 1. The molecule has 0 bridgehead atoms. The first kappa shape index (κ1) is 19.8. The summed E-state index contributed by atoms with van der Waals surface area (Å²) in [6.07, 6.45) is 8.31. The summed E-state index contributed by atoms with van der Waals surface area (Å²) in [6, 6.07) is 8.23. The summed E-state index contributed by atoms with van der Waals surface area (Å²) in [7, 11) is 0. The van der Waals surface area contributed by atoms with Gasteiger partial charge in [-0.05, 0) is 45.1 Å². The van der Waals surface area contributed by atoms with Crippen LogP contribution in [-0.4, -0.2) is 18.5 Å². The molecule has 0 aromatic heterocycles. The monoisotopic (exact) mass is 326 g/mol. The quantitative estimate of drug-likeness (QED) is 0.700. The van der Waals surface area contributed by atoms with E-state index in [-0.39, 0.29) is 11.9 Å². The third kappa shape index (κ3) is 4.38. The van der Waals surface area contributed by atoms with Gasteiger partial charge in [0.15, 0.2) is 0 Å². The van der Waals surface area contributed by atoms with Crippen LogP contribution >= 0.6 is 0 Å². The first-order chi connectivity index (χ1) is 11.6. The van der Waals surface area contributed by atoms with Gasteiger partial charge in [0.2, 0.25) is 5.91 Å². The summed E-state index contributed by atoms with van der Waals surface area (Å²) in [6.45, 7) is 14.6. The zero-order chi connectivity index (χ0) is 18.1. The van der Waals surface area contributed by atoms with E-state index in [0.29, 0.717) is 13.0 Å². The van der Waals surface area contributed by atoms with E-state index in [1.54, 1.807) is 6.08 Å². The lowest BCUT2D eigenvalue weighted by molar-refractivity contribution is -0.118. The van der Waals surface area contributed by atoms with Crippen molar-refractivity contribution < 1.29 is 4.79 Å². The van der Waals surface area contributed by atoms with E-state index in [0.717, 1.165) is 17.1 Å². The van der Waals surface area contributed by atoms with Crippen molar-refractivity contribution in [3.8, 4) is 0 Å². The fourth-order valence-corrected chi connectivity index (χ4v) is 2.84. The molecule has 0 unspecified atom stereocenters. The van der Waals surface area contributed by atoms with Crippen molar-refractivity contribution in [3.05, 3.63) is 60.8 Å². The molecule has 0 saturated heterocycles. The lowest BCUT2D eigenvalue weighted by atomic mass is 10.2. The van der Waals surface area contributed by atoms with Crippen molar-refractivity contribution in [3.63, 3.8) is 0 Å². The number of para-hydroxylation sites is 2. The Hall–Kier alpha value is -2.29. The number of nitrogens with zero attached hydrogens (tertiary/aromatic N) is 2. The van der Waals surface area contributed by atoms with Gasteiger partial charge in [0.25, 0.3) is 0 Å². The predicted molar refractivity (Wildman–Crippen MR) is 105 cm³/mol. The van der Waals surface area contributed by atoms with E-state index >= 15 is 0 Å². The maximum atomic E-state index is 12.5. The smallest absolute Gasteiger partial charge is 0.229 e. The molecule has 2 rings (SSSR count). The average molecular weight is 326 g/mol. The van der Waals surface area contributed by atoms with Crippen LogP contribution in [0.4, 0.5) is 11.4 Å². The topological polar surface area (TPSA) is 23.6 Å². The van der Waals surface area contributed by atoms with E-state index < -0.39 is 0 Å². The van der Waals surface area contributed by atoms with Crippen LogP contribution in [0.2, 0.25) is 0 Å². The number of rotatable bonds is 4. The van der Waals surface area contributed by atoms with Gasteiger partial charge in [0.1, 0.15) is 0 Å². The van der Waals surface area contributed by atoms with Crippen molar-refractivity contribution in [2.24, 2.45) is 0 Å². The van der Waals surface area contributed by atoms with Crippen molar-refractivity contribution in [1.29, 1.82) is 0 Å². The Morgan fingerprint density at radius 3 is 2.38 bits per heavy atom. The first-order valence-electron chi connectivity index (χ1n) is 8.74. The molecule has 1 heterocycles. The average Bonchev–Trinajstić information content (AvgIpc) is 2.72. The molecule has 130 valence electrons. The van der Waals surface area contributed by atoms with Crippen LogP contribution in [-0.2, 0) is 4.79 Å². The Labute approximate surface area is 147 Å². The van der Waals surface area contributed by atoms with Crippen LogP contribution in [0, 0.1) is 0 Å². The second-order valence-electron chi connectivity index (χ2n) is 5.58. The SMILES string of the molecule is C=C/C=C(\C=C/C)N1CCC(=O)N(C(C)C)c2ccccc21.CC. The second-order valence-corrected chi connectivity index (χ2v) is 5.58. The minimum Gasteiger partial charge on any atom is -0.339 e. The van der Waals surface area contributed by atoms with Crippen molar-refractivity contribution in [2.75, 3.05) is 16.3 Å². The largest absolute Gasteiger partial charge is 0.339 e. The Bertz CT molecular complexity index is 614. The molecule has 1 amide bonds. The highest BCUT2D eigenvalue weighted by Crippen LogP contribution is 2.36. The zero-order valence-corrected chi connectivity index (χ0v) is 15.6. The fourth-order valence-electron chi connectivity index (χ4n) is 2.84. The number of anilines is 2. The highest BCUT2D eigenvalue weighted by molar-refractivity contribution is 5.99. The molecule has 1 aliphatic rings. The van der Waals surface area contributed by atoms with Crippen molar-refractivity contribution in [2.45, 2.75) is 47.1 Å². The minimum absolute atomic E-state index is 0.141. The van der Waals surface area contributed by atoms with Gasteiger partial charge in [-0.2, -0.15) is 0 Å². The molecule has 3 heteroatoms. The van der Waals surface area contributed by atoms with Crippen LogP contribution in [0.25, 0.3) is 0 Å². The molecular formula is C21H30N2O. The van der Waals surface area contributed by atoms with Crippen molar-refractivity contribution in [1.82, 2.24) is 0 Å². The summed E-state index contributed by atoms with van der Waals surface area (Å²) in [5, 5.41) is 0. The van der Waals surface area contributed by atoms with Crippen LogP contribution in [0.5, 0.6) is 0 Å². The Morgan fingerprint density at radius 1 is 1.21 bits per heavy atom. The fraction of sp³-hybridized carbons (Fsp3) is 0.381. The lowest BCUT2D eigenvalue weighted by Crippen LogP contribution is -2.36. The van der Waals surface area contributed by atoms with E-state index in [1.807, 2.05) is 62.1 Å². The number of hydrogen-bond donors (Lipinski definition) is 0. The minimum atomic E-state index is 0.141. The third-order valence-electron chi connectivity index (χ3n) is 3.70. The predicted octanol–water partition coefficient (Wildman–Crippen LogP) is 5.31. The van der Waals surface area contributed by atoms with E-state index in [9.17, 15) is 4.79 Å². The normalized spacial score (nSPS) is 15.1. The number of allylic oxidation sites excluding steroid dienone is 4. The van der Waals surface area contributed by atoms with Gasteiger partial charge in [0, 0.05) is 24.7 Å². The highest BCUT2D eigenvalue weighted by atomic mass is 16.2. The molecule has 1 aromatic rings. The maximum Gasteiger partial charge on any atom is 0.229 e. The number of carbonyl (C=O) groups is 1. The van der Waals surface area contributed by atoms with Gasteiger partial charge in [-0.15, -0.1) is 0 Å². The number of amides is 1. The zero-order valence-electron chi connectivity index (χ0n) is 15.6. The summed E-state index contributed by atoms with van der Waals surface area (Å²) < 4.78 is 0. The Balaban J connectivity index is 0.00000139. The molecular weight excluding hydrogens is 296 g/mol. The molecule has 0 radical (unpaired) electrons. The van der Waals surface area contributed by atoms with Gasteiger partial charge in [0.05, 0.1) is 11.4 Å². The van der Waals surface area contributed by atoms with E-state index in [2.05, 4.69) is 31.4 Å². The number of benzene rings is 1. The Morgan fingerprint density at radius 2 is 1.83 bits per heavy atom. The van der Waals surface area contributed by atoms with E-state index in [4.69, 9.17) is 0 Å². The summed E-state index contributed by atoms with van der Waals surface area (Å²) in [5.41, 5.74) is 3.08.